The average Bonchev–Trinajstić information content (AvgIpc) is 2.65. The van der Waals surface area contributed by atoms with Gasteiger partial charge in [0.1, 0.15) is 11.4 Å². The molecule has 0 bridgehead atoms. The second kappa shape index (κ2) is 10.5. The maximum absolute atomic E-state index is 12.7. The van der Waals surface area contributed by atoms with E-state index in [-0.39, 0.29) is 11.9 Å². The molecule has 1 heterocycles. The number of rotatable bonds is 7. The minimum Gasteiger partial charge on any atom is -0.496 e. The summed E-state index contributed by atoms with van der Waals surface area (Å²) < 4.78 is 10.7. The van der Waals surface area contributed by atoms with Gasteiger partial charge in [0.25, 0.3) is 0 Å². The second-order valence-electron chi connectivity index (χ2n) is 8.95. The van der Waals surface area contributed by atoms with Crippen LogP contribution in [0.1, 0.15) is 58.9 Å². The standard InChI is InChI=1S/C23H36N2O4/c1-17(24-22(27)29-23(2,3)4)12-13-21(26)25-14-8-9-18(16-25)15-19-10-6-7-11-20(19)28-5/h6-7,10-11,17-18H,8-9,12-16H2,1-5H3,(H,24,27)/t17-,18-/m0/s1. The smallest absolute Gasteiger partial charge is 0.407 e. The summed E-state index contributed by atoms with van der Waals surface area (Å²) >= 11 is 0. The van der Waals surface area contributed by atoms with Gasteiger partial charge < -0.3 is 19.7 Å². The summed E-state index contributed by atoms with van der Waals surface area (Å²) in [6.07, 6.45) is 3.66. The molecule has 29 heavy (non-hydrogen) atoms. The van der Waals surface area contributed by atoms with E-state index in [1.807, 2.05) is 50.8 Å². The van der Waals surface area contributed by atoms with Gasteiger partial charge >= 0.3 is 6.09 Å². The SMILES string of the molecule is COc1ccccc1C[C@@H]1CCCN(C(=O)CC[C@H](C)NC(=O)OC(C)(C)C)C1. The highest BCUT2D eigenvalue weighted by Crippen LogP contribution is 2.26. The van der Waals surface area contributed by atoms with E-state index in [1.54, 1.807) is 7.11 Å². The predicted octanol–water partition coefficient (Wildman–Crippen LogP) is 4.17. The molecule has 0 unspecified atom stereocenters. The molecule has 0 radical (unpaired) electrons. The van der Waals surface area contributed by atoms with Crippen LogP contribution in [-0.4, -0.2) is 48.7 Å². The van der Waals surface area contributed by atoms with Gasteiger partial charge in [-0.25, -0.2) is 4.79 Å². The maximum Gasteiger partial charge on any atom is 0.407 e. The monoisotopic (exact) mass is 404 g/mol. The molecule has 2 amide bonds. The van der Waals surface area contributed by atoms with Crippen molar-refractivity contribution < 1.29 is 19.1 Å². The number of hydrogen-bond donors (Lipinski definition) is 1. The molecule has 1 aromatic rings. The lowest BCUT2D eigenvalue weighted by atomic mass is 9.90. The molecule has 6 nitrogen and oxygen atoms in total. The van der Waals surface area contributed by atoms with Gasteiger partial charge in [-0.1, -0.05) is 18.2 Å². The van der Waals surface area contributed by atoms with Crippen LogP contribution < -0.4 is 10.1 Å². The van der Waals surface area contributed by atoms with E-state index < -0.39 is 11.7 Å². The van der Waals surface area contributed by atoms with Crippen LogP contribution >= 0.6 is 0 Å². The zero-order valence-corrected chi connectivity index (χ0v) is 18.5. The third-order valence-corrected chi connectivity index (χ3v) is 5.13. The van der Waals surface area contributed by atoms with Crippen molar-refractivity contribution in [1.82, 2.24) is 10.2 Å². The third kappa shape index (κ3) is 7.95. The van der Waals surface area contributed by atoms with Crippen LogP contribution in [0.25, 0.3) is 0 Å². The van der Waals surface area contributed by atoms with Crippen molar-refractivity contribution in [3.63, 3.8) is 0 Å². The van der Waals surface area contributed by atoms with Crippen molar-refractivity contribution in [1.29, 1.82) is 0 Å². The zero-order valence-electron chi connectivity index (χ0n) is 18.5. The van der Waals surface area contributed by atoms with Crippen LogP contribution in [0.2, 0.25) is 0 Å². The number of para-hydroxylation sites is 1. The number of carbonyl (C=O) groups is 2. The molecule has 2 atom stereocenters. The fourth-order valence-corrected chi connectivity index (χ4v) is 3.72. The summed E-state index contributed by atoms with van der Waals surface area (Å²) in [6.45, 7) is 8.99. The number of hydrogen-bond acceptors (Lipinski definition) is 4. The minimum absolute atomic E-state index is 0.108. The molecule has 1 fully saturated rings. The lowest BCUT2D eigenvalue weighted by Crippen LogP contribution is -2.42. The first-order valence-electron chi connectivity index (χ1n) is 10.6. The summed E-state index contributed by atoms with van der Waals surface area (Å²) in [5, 5.41) is 2.80. The molecule has 0 aromatic heterocycles. The highest BCUT2D eigenvalue weighted by molar-refractivity contribution is 5.76. The number of ether oxygens (including phenoxy) is 2. The van der Waals surface area contributed by atoms with Gasteiger partial charge in [0.2, 0.25) is 5.91 Å². The first kappa shape index (κ1) is 23.0. The summed E-state index contributed by atoms with van der Waals surface area (Å²) in [7, 11) is 1.70. The van der Waals surface area contributed by atoms with Gasteiger partial charge in [0.05, 0.1) is 7.11 Å². The van der Waals surface area contributed by atoms with E-state index in [9.17, 15) is 9.59 Å². The molecular weight excluding hydrogens is 368 g/mol. The van der Waals surface area contributed by atoms with E-state index in [1.165, 1.54) is 5.56 Å². The topological polar surface area (TPSA) is 67.9 Å². The molecule has 2 rings (SSSR count). The van der Waals surface area contributed by atoms with Crippen molar-refractivity contribution in [2.45, 2.75) is 71.4 Å². The molecule has 0 aliphatic carbocycles. The number of carbonyl (C=O) groups excluding carboxylic acids is 2. The first-order chi connectivity index (χ1) is 13.7. The Morgan fingerprint density at radius 3 is 2.69 bits per heavy atom. The van der Waals surface area contributed by atoms with Crippen LogP contribution in [0.15, 0.2) is 24.3 Å². The highest BCUT2D eigenvalue weighted by Gasteiger charge is 2.25. The largest absolute Gasteiger partial charge is 0.496 e. The number of nitrogens with one attached hydrogen (secondary N) is 1. The second-order valence-corrected chi connectivity index (χ2v) is 8.95. The fourth-order valence-electron chi connectivity index (χ4n) is 3.72. The van der Waals surface area contributed by atoms with E-state index in [2.05, 4.69) is 11.4 Å². The van der Waals surface area contributed by atoms with E-state index >= 15 is 0 Å². The Labute approximate surface area is 174 Å². The lowest BCUT2D eigenvalue weighted by molar-refractivity contribution is -0.133. The molecule has 0 spiro atoms. The van der Waals surface area contributed by atoms with Crippen LogP contribution in [-0.2, 0) is 16.0 Å². The molecule has 162 valence electrons. The van der Waals surface area contributed by atoms with E-state index in [0.29, 0.717) is 18.8 Å². The lowest BCUT2D eigenvalue weighted by Gasteiger charge is -2.33. The normalized spacial score (nSPS) is 18.1. The van der Waals surface area contributed by atoms with Crippen LogP contribution in [0.4, 0.5) is 4.79 Å². The number of likely N-dealkylation sites (tertiary alicyclic amines) is 1. The molecule has 6 heteroatoms. The molecule has 1 aliphatic heterocycles. The Bertz CT molecular complexity index is 684. The van der Waals surface area contributed by atoms with Gasteiger partial charge in [-0.15, -0.1) is 0 Å². The number of piperidine rings is 1. The van der Waals surface area contributed by atoms with Crippen molar-refractivity contribution in [2.24, 2.45) is 5.92 Å². The number of alkyl carbamates (subject to hydrolysis) is 1. The van der Waals surface area contributed by atoms with Crippen LogP contribution in [0.3, 0.4) is 0 Å². The summed E-state index contributed by atoms with van der Waals surface area (Å²) in [4.78, 5) is 26.5. The van der Waals surface area contributed by atoms with E-state index in [0.717, 1.165) is 38.1 Å². The van der Waals surface area contributed by atoms with Gasteiger partial charge in [-0.05, 0) is 70.9 Å². The average molecular weight is 405 g/mol. The molecule has 1 N–H and O–H groups in total. The van der Waals surface area contributed by atoms with Gasteiger partial charge in [-0.2, -0.15) is 0 Å². The first-order valence-corrected chi connectivity index (χ1v) is 10.6. The predicted molar refractivity (Wildman–Crippen MR) is 114 cm³/mol. The summed E-state index contributed by atoms with van der Waals surface area (Å²) in [5.41, 5.74) is 0.675. The molecule has 1 aliphatic rings. The summed E-state index contributed by atoms with van der Waals surface area (Å²) in [6, 6.07) is 7.99. The molecule has 1 aromatic carbocycles. The van der Waals surface area contributed by atoms with Crippen LogP contribution in [0.5, 0.6) is 5.75 Å². The Kier molecular flexibility index (Phi) is 8.35. The van der Waals surface area contributed by atoms with Gasteiger partial charge in [-0.3, -0.25) is 4.79 Å². The minimum atomic E-state index is -0.524. The van der Waals surface area contributed by atoms with Crippen molar-refractivity contribution in [3.05, 3.63) is 29.8 Å². The van der Waals surface area contributed by atoms with Crippen molar-refractivity contribution >= 4 is 12.0 Å². The van der Waals surface area contributed by atoms with Crippen molar-refractivity contribution in [2.75, 3.05) is 20.2 Å². The quantitative estimate of drug-likeness (QED) is 0.741. The van der Waals surface area contributed by atoms with Crippen molar-refractivity contribution in [3.8, 4) is 5.75 Å². The Morgan fingerprint density at radius 2 is 2.00 bits per heavy atom. The number of amides is 2. The number of methoxy groups -OCH3 is 1. The van der Waals surface area contributed by atoms with Gasteiger partial charge in [0.15, 0.2) is 0 Å². The summed E-state index contributed by atoms with van der Waals surface area (Å²) in [5.74, 6) is 1.52. The van der Waals surface area contributed by atoms with Crippen LogP contribution in [0, 0.1) is 5.92 Å². The fraction of sp³-hybridized carbons (Fsp3) is 0.652. The van der Waals surface area contributed by atoms with Gasteiger partial charge in [0, 0.05) is 25.6 Å². The Hall–Kier alpha value is -2.24. The number of benzene rings is 1. The number of nitrogens with zero attached hydrogens (tertiary/aromatic N) is 1. The highest BCUT2D eigenvalue weighted by atomic mass is 16.6. The molecular formula is C23H36N2O4. The van der Waals surface area contributed by atoms with E-state index in [4.69, 9.17) is 9.47 Å². The zero-order chi connectivity index (χ0) is 21.4. The Morgan fingerprint density at radius 1 is 1.28 bits per heavy atom. The molecule has 1 saturated heterocycles. The molecule has 0 saturated carbocycles. The Balaban J connectivity index is 1.79. The third-order valence-electron chi connectivity index (χ3n) is 5.13. The maximum atomic E-state index is 12.7.